The number of hydrogen-bond donors (Lipinski definition) is 3. The zero-order valence-electron chi connectivity index (χ0n) is 11.4. The first-order valence-corrected chi connectivity index (χ1v) is 6.33. The molecule has 0 bridgehead atoms. The van der Waals surface area contributed by atoms with Gasteiger partial charge >= 0.3 is 5.69 Å². The predicted octanol–water partition coefficient (Wildman–Crippen LogP) is -0.928. The first-order chi connectivity index (χ1) is 9.60. The molecule has 8 nitrogen and oxygen atoms in total. The molecule has 0 saturated carbocycles. The fourth-order valence-corrected chi connectivity index (χ4v) is 2.24. The number of aliphatic hydroxyl groups is 2. The van der Waals surface area contributed by atoms with Crippen molar-refractivity contribution in [2.75, 3.05) is 26.1 Å². The van der Waals surface area contributed by atoms with Crippen LogP contribution >= 0.6 is 0 Å². The Bertz CT molecular complexity index is 518. The van der Waals surface area contributed by atoms with E-state index in [2.05, 4.69) is 10.3 Å². The van der Waals surface area contributed by atoms with E-state index in [0.717, 1.165) is 0 Å². The normalized spacial score (nSPS) is 25.9. The molecule has 1 aliphatic rings. The predicted molar refractivity (Wildman–Crippen MR) is 70.4 cm³/mol. The average molecular weight is 285 g/mol. The largest absolute Gasteiger partial charge is 0.394 e. The quantitative estimate of drug-likeness (QED) is 0.642. The van der Waals surface area contributed by atoms with Crippen molar-refractivity contribution in [3.63, 3.8) is 0 Å². The van der Waals surface area contributed by atoms with Crippen molar-refractivity contribution in [3.05, 3.63) is 22.2 Å². The lowest BCUT2D eigenvalue weighted by atomic mass is 10.2. The van der Waals surface area contributed by atoms with E-state index < -0.39 is 24.1 Å². The van der Waals surface area contributed by atoms with Gasteiger partial charge in [-0.1, -0.05) is 0 Å². The van der Waals surface area contributed by atoms with E-state index in [-0.39, 0.29) is 13.0 Å². The highest BCUT2D eigenvalue weighted by Crippen LogP contribution is 2.28. The maximum Gasteiger partial charge on any atom is 0.351 e. The number of hydrogen-bond acceptors (Lipinski definition) is 7. The summed E-state index contributed by atoms with van der Waals surface area (Å²) < 4.78 is 11.8. The van der Waals surface area contributed by atoms with Crippen molar-refractivity contribution in [2.24, 2.45) is 0 Å². The van der Waals surface area contributed by atoms with Crippen molar-refractivity contribution in [2.45, 2.75) is 31.5 Å². The fraction of sp³-hybridized carbons (Fsp3) is 0.667. The molecule has 3 N–H and O–H groups in total. The summed E-state index contributed by atoms with van der Waals surface area (Å²) in [6.45, 7) is 0.00152. The maximum absolute atomic E-state index is 12.0. The lowest BCUT2D eigenvalue weighted by Crippen LogP contribution is -2.29. The van der Waals surface area contributed by atoms with E-state index in [1.54, 1.807) is 20.4 Å². The molecule has 1 fully saturated rings. The van der Waals surface area contributed by atoms with Gasteiger partial charge in [-0.05, 0) is 0 Å². The summed E-state index contributed by atoms with van der Waals surface area (Å²) in [5, 5.41) is 21.6. The molecule has 0 amide bonds. The molecule has 3 atom stereocenters. The van der Waals surface area contributed by atoms with Gasteiger partial charge in [-0.15, -0.1) is 0 Å². The van der Waals surface area contributed by atoms with E-state index in [4.69, 9.17) is 14.6 Å². The summed E-state index contributed by atoms with van der Waals surface area (Å²) in [7, 11) is 3.22. The highest BCUT2D eigenvalue weighted by atomic mass is 16.5. The molecule has 1 aromatic heterocycles. The lowest BCUT2D eigenvalue weighted by Gasteiger charge is -2.16. The molecule has 2 rings (SSSR count). The van der Waals surface area contributed by atoms with Crippen LogP contribution in [0, 0.1) is 0 Å². The van der Waals surface area contributed by atoms with Crippen molar-refractivity contribution < 1.29 is 19.7 Å². The number of anilines is 1. The molecule has 0 spiro atoms. The number of aromatic nitrogens is 2. The average Bonchev–Trinajstić information content (AvgIpc) is 2.81. The van der Waals surface area contributed by atoms with Crippen LogP contribution in [0.3, 0.4) is 0 Å². The molecule has 8 heteroatoms. The molecule has 1 aliphatic heterocycles. The molecule has 20 heavy (non-hydrogen) atoms. The monoisotopic (exact) mass is 285 g/mol. The van der Waals surface area contributed by atoms with E-state index in [1.807, 2.05) is 0 Å². The molecule has 0 aromatic carbocycles. The minimum atomic E-state index is -0.799. The summed E-state index contributed by atoms with van der Waals surface area (Å²) in [5.41, 5.74) is 0.227. The molecule has 0 unspecified atom stereocenters. The van der Waals surface area contributed by atoms with Crippen molar-refractivity contribution >= 4 is 5.82 Å². The minimum absolute atomic E-state index is 0.234. The van der Waals surface area contributed by atoms with Crippen LogP contribution < -0.4 is 11.0 Å². The van der Waals surface area contributed by atoms with Crippen LogP contribution in [0.15, 0.2) is 11.0 Å². The lowest BCUT2D eigenvalue weighted by molar-refractivity contribution is -0.0460. The molecule has 1 saturated heterocycles. The summed E-state index contributed by atoms with van der Waals surface area (Å²) in [6.07, 6.45) is -0.280. The Labute approximate surface area is 116 Å². The van der Waals surface area contributed by atoms with Crippen LogP contribution in [0.5, 0.6) is 0 Å². The third-order valence-electron chi connectivity index (χ3n) is 3.26. The maximum atomic E-state index is 12.0. The number of ether oxygens (including phenoxy) is 2. The van der Waals surface area contributed by atoms with Crippen LogP contribution in [-0.2, 0) is 16.1 Å². The van der Waals surface area contributed by atoms with E-state index in [1.165, 1.54) is 4.57 Å². The number of nitrogens with zero attached hydrogens (tertiary/aromatic N) is 2. The van der Waals surface area contributed by atoms with Crippen molar-refractivity contribution in [3.8, 4) is 0 Å². The van der Waals surface area contributed by atoms with E-state index in [0.29, 0.717) is 18.0 Å². The number of rotatable bonds is 5. The smallest absolute Gasteiger partial charge is 0.351 e. The molecule has 2 heterocycles. The van der Waals surface area contributed by atoms with Gasteiger partial charge in [-0.2, -0.15) is 4.98 Å². The van der Waals surface area contributed by atoms with Crippen molar-refractivity contribution in [1.29, 1.82) is 0 Å². The van der Waals surface area contributed by atoms with Gasteiger partial charge < -0.3 is 25.0 Å². The third kappa shape index (κ3) is 2.83. The Morgan fingerprint density at radius 3 is 2.95 bits per heavy atom. The van der Waals surface area contributed by atoms with Crippen LogP contribution in [0.1, 0.15) is 18.2 Å². The first-order valence-electron chi connectivity index (χ1n) is 6.33. The van der Waals surface area contributed by atoms with Gasteiger partial charge in [0.05, 0.1) is 19.3 Å². The number of aliphatic hydroxyl groups excluding tert-OH is 2. The highest BCUT2D eigenvalue weighted by Gasteiger charge is 2.35. The Hall–Kier alpha value is -1.48. The number of methoxy groups -OCH3 is 1. The van der Waals surface area contributed by atoms with Gasteiger partial charge in [0, 0.05) is 32.3 Å². The Morgan fingerprint density at radius 2 is 2.40 bits per heavy atom. The van der Waals surface area contributed by atoms with Crippen LogP contribution in [0.4, 0.5) is 5.82 Å². The van der Waals surface area contributed by atoms with Gasteiger partial charge in [0.1, 0.15) is 18.1 Å². The second-order valence-electron chi connectivity index (χ2n) is 4.60. The zero-order chi connectivity index (χ0) is 14.7. The second kappa shape index (κ2) is 6.31. The summed E-state index contributed by atoms with van der Waals surface area (Å²) in [4.78, 5) is 15.9. The summed E-state index contributed by atoms with van der Waals surface area (Å²) in [6, 6.07) is 0. The molecule has 112 valence electrons. The standard InChI is InChI=1S/C12H19N3O5/c1-13-11-7(6-19-2)4-15(12(18)14-11)10-3-8(17)9(5-16)20-10/h4,8-10,16-17H,3,5-6H2,1-2H3,(H,13,14,18)/t8-,9+,10+/m0/s1. The van der Waals surface area contributed by atoms with Gasteiger partial charge in [0.15, 0.2) is 0 Å². The zero-order valence-corrected chi connectivity index (χ0v) is 11.4. The van der Waals surface area contributed by atoms with Crippen LogP contribution in [0.2, 0.25) is 0 Å². The molecule has 0 radical (unpaired) electrons. The minimum Gasteiger partial charge on any atom is -0.394 e. The second-order valence-corrected chi connectivity index (χ2v) is 4.60. The molecular weight excluding hydrogens is 266 g/mol. The SMILES string of the molecule is CNc1nc(=O)n([C@H]2C[C@H](O)[C@@H](CO)O2)cc1COC. The summed E-state index contributed by atoms with van der Waals surface area (Å²) in [5.74, 6) is 0.449. The summed E-state index contributed by atoms with van der Waals surface area (Å²) >= 11 is 0. The van der Waals surface area contributed by atoms with Crippen LogP contribution in [-0.4, -0.2) is 52.7 Å². The number of nitrogens with one attached hydrogen (secondary N) is 1. The fourth-order valence-electron chi connectivity index (χ4n) is 2.24. The van der Waals surface area contributed by atoms with Crippen molar-refractivity contribution in [1.82, 2.24) is 9.55 Å². The van der Waals surface area contributed by atoms with Gasteiger partial charge in [-0.25, -0.2) is 4.79 Å². The Morgan fingerprint density at radius 1 is 1.65 bits per heavy atom. The van der Waals surface area contributed by atoms with E-state index in [9.17, 15) is 9.90 Å². The Balaban J connectivity index is 2.32. The van der Waals surface area contributed by atoms with E-state index >= 15 is 0 Å². The van der Waals surface area contributed by atoms with Crippen LogP contribution in [0.25, 0.3) is 0 Å². The van der Waals surface area contributed by atoms with Gasteiger partial charge in [-0.3, -0.25) is 4.57 Å². The first kappa shape index (κ1) is 14.9. The highest BCUT2D eigenvalue weighted by molar-refractivity contribution is 5.41. The molecule has 1 aromatic rings. The molecule has 0 aliphatic carbocycles. The van der Waals surface area contributed by atoms with Gasteiger partial charge in [0.25, 0.3) is 0 Å². The molecular formula is C12H19N3O5. The Kier molecular flexibility index (Phi) is 4.71. The third-order valence-corrected chi connectivity index (χ3v) is 3.26. The topological polar surface area (TPSA) is 106 Å². The van der Waals surface area contributed by atoms with Gasteiger partial charge in [0.2, 0.25) is 0 Å².